The van der Waals surface area contributed by atoms with E-state index in [0.717, 1.165) is 18.3 Å². The molecule has 0 spiro atoms. The average molecular weight is 224 g/mol. The van der Waals surface area contributed by atoms with Crippen LogP contribution in [0.4, 0.5) is 0 Å². The molecular formula is C15H28O. The van der Waals surface area contributed by atoms with Crippen LogP contribution in [-0.4, -0.2) is 10.7 Å². The van der Waals surface area contributed by atoms with Crippen molar-refractivity contribution in [2.24, 2.45) is 23.2 Å². The van der Waals surface area contributed by atoms with Crippen LogP contribution in [-0.2, 0) is 0 Å². The lowest BCUT2D eigenvalue weighted by atomic mass is 9.53. The van der Waals surface area contributed by atoms with Gasteiger partial charge in [-0.1, -0.05) is 27.2 Å². The summed E-state index contributed by atoms with van der Waals surface area (Å²) < 4.78 is 0. The molecule has 0 aliphatic heterocycles. The molecule has 2 aliphatic carbocycles. The maximum Gasteiger partial charge on any atom is 0.0653 e. The van der Waals surface area contributed by atoms with Gasteiger partial charge in [0.1, 0.15) is 0 Å². The molecule has 0 heterocycles. The Balaban J connectivity index is 2.18. The molecule has 2 aliphatic rings. The van der Waals surface area contributed by atoms with Crippen LogP contribution in [0.3, 0.4) is 0 Å². The van der Waals surface area contributed by atoms with Gasteiger partial charge in [0, 0.05) is 0 Å². The Labute approximate surface area is 101 Å². The van der Waals surface area contributed by atoms with Crippen LogP contribution in [0.2, 0.25) is 0 Å². The zero-order valence-electron chi connectivity index (χ0n) is 11.4. The summed E-state index contributed by atoms with van der Waals surface area (Å²) in [7, 11) is 0. The van der Waals surface area contributed by atoms with E-state index in [-0.39, 0.29) is 0 Å². The number of hydrogen-bond acceptors (Lipinski definition) is 1. The van der Waals surface area contributed by atoms with Crippen LogP contribution in [0.25, 0.3) is 0 Å². The predicted octanol–water partition coefficient (Wildman–Crippen LogP) is 4.00. The summed E-state index contributed by atoms with van der Waals surface area (Å²) in [4.78, 5) is 0. The maximum atomic E-state index is 10.6. The molecule has 1 nitrogen and oxygen atoms in total. The van der Waals surface area contributed by atoms with Gasteiger partial charge in [0.05, 0.1) is 5.60 Å². The van der Waals surface area contributed by atoms with Gasteiger partial charge in [0.25, 0.3) is 0 Å². The van der Waals surface area contributed by atoms with Crippen molar-refractivity contribution in [3.05, 3.63) is 0 Å². The highest BCUT2D eigenvalue weighted by atomic mass is 16.3. The normalized spacial score (nSPS) is 49.1. The topological polar surface area (TPSA) is 20.2 Å². The van der Waals surface area contributed by atoms with Crippen LogP contribution < -0.4 is 0 Å². The second-order valence-corrected chi connectivity index (χ2v) is 7.20. The van der Waals surface area contributed by atoms with Crippen LogP contribution in [0, 0.1) is 23.2 Å². The third kappa shape index (κ3) is 2.03. The van der Waals surface area contributed by atoms with Gasteiger partial charge in [0.15, 0.2) is 0 Å². The molecule has 4 unspecified atom stereocenters. The summed E-state index contributed by atoms with van der Waals surface area (Å²) >= 11 is 0. The van der Waals surface area contributed by atoms with E-state index in [0.29, 0.717) is 11.3 Å². The van der Waals surface area contributed by atoms with Crippen LogP contribution in [0.1, 0.15) is 66.2 Å². The van der Waals surface area contributed by atoms with Crippen LogP contribution in [0.15, 0.2) is 0 Å². The summed E-state index contributed by atoms with van der Waals surface area (Å²) in [6.45, 7) is 9.18. The number of hydrogen-bond donors (Lipinski definition) is 1. The quantitative estimate of drug-likeness (QED) is 0.714. The fourth-order valence-corrected chi connectivity index (χ4v) is 4.33. The molecule has 2 fully saturated rings. The van der Waals surface area contributed by atoms with Gasteiger partial charge < -0.3 is 5.11 Å². The van der Waals surface area contributed by atoms with Crippen molar-refractivity contribution in [3.8, 4) is 0 Å². The van der Waals surface area contributed by atoms with E-state index in [1.807, 2.05) is 0 Å². The van der Waals surface area contributed by atoms with E-state index in [1.54, 1.807) is 0 Å². The summed E-state index contributed by atoms with van der Waals surface area (Å²) in [5.41, 5.74) is 0.0215. The van der Waals surface area contributed by atoms with Crippen molar-refractivity contribution in [2.45, 2.75) is 71.8 Å². The van der Waals surface area contributed by atoms with Gasteiger partial charge in [-0.2, -0.15) is 0 Å². The Bertz CT molecular complexity index is 256. The van der Waals surface area contributed by atoms with Gasteiger partial charge in [-0.15, -0.1) is 0 Å². The first-order valence-corrected chi connectivity index (χ1v) is 7.07. The number of aliphatic hydroxyl groups is 1. The van der Waals surface area contributed by atoms with E-state index < -0.39 is 5.60 Å². The largest absolute Gasteiger partial charge is 0.390 e. The summed E-state index contributed by atoms with van der Waals surface area (Å²) in [5, 5.41) is 10.6. The third-order valence-electron chi connectivity index (χ3n) is 5.59. The van der Waals surface area contributed by atoms with Gasteiger partial charge in [-0.25, -0.2) is 0 Å². The molecule has 1 heteroatoms. The van der Waals surface area contributed by atoms with Crippen molar-refractivity contribution in [1.82, 2.24) is 0 Å². The van der Waals surface area contributed by atoms with E-state index >= 15 is 0 Å². The lowest BCUT2D eigenvalue weighted by Crippen LogP contribution is -2.51. The van der Waals surface area contributed by atoms with Crippen molar-refractivity contribution in [3.63, 3.8) is 0 Å². The number of fused-ring (bicyclic) bond motifs is 1. The zero-order valence-corrected chi connectivity index (χ0v) is 11.4. The molecule has 0 aromatic carbocycles. The van der Waals surface area contributed by atoms with Crippen molar-refractivity contribution >= 4 is 0 Å². The molecule has 2 rings (SSSR count). The standard InChI is InChI=1S/C15H28O/c1-11(2)12-6-9-14(3)7-5-8-15(4,16)13(14)10-12/h11-13,16H,5-10H2,1-4H3. The summed E-state index contributed by atoms with van der Waals surface area (Å²) in [6.07, 6.45) is 7.52. The molecule has 0 saturated heterocycles. The van der Waals surface area contributed by atoms with Gasteiger partial charge in [-0.05, 0) is 62.2 Å². The molecule has 0 amide bonds. The molecule has 0 bridgehead atoms. The minimum absolute atomic E-state index is 0.402. The van der Waals surface area contributed by atoms with E-state index in [4.69, 9.17) is 0 Å². The summed E-state index contributed by atoms with van der Waals surface area (Å²) in [6, 6.07) is 0. The van der Waals surface area contributed by atoms with Crippen LogP contribution >= 0.6 is 0 Å². The molecule has 1 N–H and O–H groups in total. The van der Waals surface area contributed by atoms with E-state index in [9.17, 15) is 5.11 Å². The predicted molar refractivity (Wildman–Crippen MR) is 68.3 cm³/mol. The molecular weight excluding hydrogens is 196 g/mol. The number of rotatable bonds is 1. The Morgan fingerprint density at radius 1 is 1.12 bits per heavy atom. The second-order valence-electron chi connectivity index (χ2n) is 7.20. The Kier molecular flexibility index (Phi) is 3.11. The van der Waals surface area contributed by atoms with Crippen molar-refractivity contribution in [1.29, 1.82) is 0 Å². The molecule has 0 aromatic heterocycles. The SMILES string of the molecule is CC(C)C1CCC2(C)CCCC(C)(O)C2C1. The molecule has 0 aromatic rings. The van der Waals surface area contributed by atoms with Crippen LogP contribution in [0.5, 0.6) is 0 Å². The smallest absolute Gasteiger partial charge is 0.0653 e. The highest BCUT2D eigenvalue weighted by Crippen LogP contribution is 2.56. The highest BCUT2D eigenvalue weighted by molar-refractivity contribution is 5.01. The third-order valence-corrected chi connectivity index (χ3v) is 5.59. The minimum Gasteiger partial charge on any atom is -0.390 e. The maximum absolute atomic E-state index is 10.6. The molecule has 0 radical (unpaired) electrons. The lowest BCUT2D eigenvalue weighted by molar-refractivity contribution is -0.126. The average Bonchev–Trinajstić information content (AvgIpc) is 2.15. The Hall–Kier alpha value is -0.0400. The highest BCUT2D eigenvalue weighted by Gasteiger charge is 2.50. The fraction of sp³-hybridized carbons (Fsp3) is 1.00. The first kappa shape index (κ1) is 12.4. The van der Waals surface area contributed by atoms with Gasteiger partial charge in [-0.3, -0.25) is 0 Å². The minimum atomic E-state index is -0.402. The monoisotopic (exact) mass is 224 g/mol. The fourth-order valence-electron chi connectivity index (χ4n) is 4.33. The first-order valence-electron chi connectivity index (χ1n) is 7.07. The van der Waals surface area contributed by atoms with Crippen molar-refractivity contribution < 1.29 is 5.11 Å². The zero-order chi connectivity index (χ0) is 12.0. The Morgan fingerprint density at radius 3 is 2.44 bits per heavy atom. The first-order chi connectivity index (χ1) is 7.35. The Morgan fingerprint density at radius 2 is 1.81 bits per heavy atom. The lowest BCUT2D eigenvalue weighted by Gasteiger charge is -2.54. The second kappa shape index (κ2) is 4.01. The van der Waals surface area contributed by atoms with Gasteiger partial charge >= 0.3 is 0 Å². The van der Waals surface area contributed by atoms with Gasteiger partial charge in [0.2, 0.25) is 0 Å². The molecule has 2 saturated carbocycles. The molecule has 16 heavy (non-hydrogen) atoms. The summed E-state index contributed by atoms with van der Waals surface area (Å²) in [5.74, 6) is 2.15. The molecule has 4 atom stereocenters. The molecule has 94 valence electrons. The van der Waals surface area contributed by atoms with E-state index in [1.165, 1.54) is 32.1 Å². The van der Waals surface area contributed by atoms with E-state index in [2.05, 4.69) is 27.7 Å². The van der Waals surface area contributed by atoms with Crippen molar-refractivity contribution in [2.75, 3.05) is 0 Å².